The minimum absolute atomic E-state index is 0.108. The fourth-order valence-electron chi connectivity index (χ4n) is 12.2. The largest absolute Gasteiger partial charge is 0.472 e. The number of carbonyl (C=O) groups is 4. The first-order chi connectivity index (χ1) is 47.4. The lowest BCUT2D eigenvalue weighted by molar-refractivity contribution is -0.161. The molecular formula is C79H154O17P2. The number of phosphoric acid groups is 2. The Morgan fingerprint density at radius 3 is 0.694 bits per heavy atom. The summed E-state index contributed by atoms with van der Waals surface area (Å²) in [5.74, 6) is -0.504. The predicted octanol–water partition coefficient (Wildman–Crippen LogP) is 23.5. The average Bonchev–Trinajstić information content (AvgIpc) is 1.07. The first kappa shape index (κ1) is 96.1. The maximum absolute atomic E-state index is 13.1. The van der Waals surface area contributed by atoms with E-state index in [4.69, 9.17) is 37.0 Å². The molecule has 0 aromatic rings. The van der Waals surface area contributed by atoms with Crippen LogP contribution >= 0.6 is 15.6 Å². The summed E-state index contributed by atoms with van der Waals surface area (Å²) >= 11 is 0. The average molecular weight is 1440 g/mol. The van der Waals surface area contributed by atoms with Crippen LogP contribution in [0.5, 0.6) is 0 Å². The zero-order valence-electron chi connectivity index (χ0n) is 64.1. The van der Waals surface area contributed by atoms with Crippen molar-refractivity contribution in [1.29, 1.82) is 0 Å². The normalized spacial score (nSPS) is 13.9. The first-order valence-electron chi connectivity index (χ1n) is 41.0. The Morgan fingerprint density at radius 2 is 0.469 bits per heavy atom. The van der Waals surface area contributed by atoms with Crippen LogP contribution in [-0.2, 0) is 65.4 Å². The van der Waals surface area contributed by atoms with Crippen molar-refractivity contribution < 1.29 is 80.2 Å². The summed E-state index contributed by atoms with van der Waals surface area (Å²) in [4.78, 5) is 72.9. The SMILES string of the molecule is CCCCCCCCCCCCCCCCC(=O)O[C@H](COC(=O)CCCCCCCCCC)COP(=O)(O)OC[C@H](O)COP(=O)(O)OC[C@@H](COC(=O)CCCCCCCCCCCCCCCCC(C)C)OC(=O)CCCCCCCCCCCCCCCCCCC(C)C. The van der Waals surface area contributed by atoms with Crippen LogP contribution in [0.1, 0.15) is 414 Å². The molecule has 0 aliphatic heterocycles. The van der Waals surface area contributed by atoms with Crippen molar-refractivity contribution in [3.05, 3.63) is 0 Å². The lowest BCUT2D eigenvalue weighted by atomic mass is 10.0. The third kappa shape index (κ3) is 72.4. The van der Waals surface area contributed by atoms with E-state index in [2.05, 4.69) is 41.5 Å². The molecule has 0 aliphatic rings. The molecule has 0 saturated carbocycles. The zero-order chi connectivity index (χ0) is 72.1. The van der Waals surface area contributed by atoms with Crippen molar-refractivity contribution in [2.75, 3.05) is 39.6 Å². The number of rotatable bonds is 78. The molecule has 0 heterocycles. The first-order valence-corrected chi connectivity index (χ1v) is 44.0. The highest BCUT2D eigenvalue weighted by Gasteiger charge is 2.30. The molecule has 0 aromatic heterocycles. The molecular weight excluding hydrogens is 1280 g/mol. The predicted molar refractivity (Wildman–Crippen MR) is 400 cm³/mol. The van der Waals surface area contributed by atoms with E-state index in [-0.39, 0.29) is 25.7 Å². The van der Waals surface area contributed by atoms with E-state index in [0.29, 0.717) is 25.7 Å². The van der Waals surface area contributed by atoms with E-state index in [1.807, 2.05) is 0 Å². The number of ether oxygens (including phenoxy) is 4. The van der Waals surface area contributed by atoms with Crippen LogP contribution in [0.3, 0.4) is 0 Å². The highest BCUT2D eigenvalue weighted by atomic mass is 31.2. The molecule has 582 valence electrons. The van der Waals surface area contributed by atoms with Gasteiger partial charge in [-0.3, -0.25) is 37.3 Å². The van der Waals surface area contributed by atoms with Gasteiger partial charge < -0.3 is 33.8 Å². The molecule has 5 atom stereocenters. The second-order valence-corrected chi connectivity index (χ2v) is 32.3. The molecule has 19 heteroatoms. The molecule has 0 fully saturated rings. The van der Waals surface area contributed by atoms with Gasteiger partial charge in [0.2, 0.25) is 0 Å². The summed E-state index contributed by atoms with van der Waals surface area (Å²) in [6.45, 7) is 9.65. The number of carbonyl (C=O) groups excluding carboxylic acids is 4. The molecule has 98 heavy (non-hydrogen) atoms. The van der Waals surface area contributed by atoms with Gasteiger partial charge >= 0.3 is 39.5 Å². The van der Waals surface area contributed by atoms with Gasteiger partial charge in [-0.15, -0.1) is 0 Å². The highest BCUT2D eigenvalue weighted by molar-refractivity contribution is 7.47. The van der Waals surface area contributed by atoms with Crippen LogP contribution in [0.2, 0.25) is 0 Å². The van der Waals surface area contributed by atoms with Gasteiger partial charge in [-0.25, -0.2) is 9.13 Å². The van der Waals surface area contributed by atoms with Crippen molar-refractivity contribution in [2.45, 2.75) is 432 Å². The van der Waals surface area contributed by atoms with Gasteiger partial charge in [0.1, 0.15) is 19.3 Å². The number of aliphatic hydroxyl groups is 1. The van der Waals surface area contributed by atoms with Crippen LogP contribution in [0.4, 0.5) is 0 Å². The van der Waals surface area contributed by atoms with E-state index in [1.54, 1.807) is 0 Å². The van der Waals surface area contributed by atoms with Gasteiger partial charge in [0.25, 0.3) is 0 Å². The maximum atomic E-state index is 13.1. The number of unbranched alkanes of at least 4 members (excludes halogenated alkanes) is 48. The van der Waals surface area contributed by atoms with Gasteiger partial charge in [-0.05, 0) is 37.5 Å². The fourth-order valence-corrected chi connectivity index (χ4v) is 13.8. The van der Waals surface area contributed by atoms with E-state index < -0.39 is 97.5 Å². The lowest BCUT2D eigenvalue weighted by Gasteiger charge is -2.21. The number of esters is 4. The number of hydrogen-bond donors (Lipinski definition) is 3. The molecule has 3 N–H and O–H groups in total. The zero-order valence-corrected chi connectivity index (χ0v) is 65.9. The Kier molecular flexibility index (Phi) is 69.3. The van der Waals surface area contributed by atoms with Gasteiger partial charge in [0.15, 0.2) is 12.2 Å². The Balaban J connectivity index is 5.21. The van der Waals surface area contributed by atoms with Crippen molar-refractivity contribution >= 4 is 39.5 Å². The molecule has 2 unspecified atom stereocenters. The molecule has 0 saturated heterocycles. The van der Waals surface area contributed by atoms with E-state index in [0.717, 1.165) is 108 Å². The summed E-state index contributed by atoms with van der Waals surface area (Å²) in [5.41, 5.74) is 0. The number of phosphoric ester groups is 2. The van der Waals surface area contributed by atoms with Crippen molar-refractivity contribution in [2.24, 2.45) is 11.8 Å². The third-order valence-corrected chi connectivity index (χ3v) is 20.4. The standard InChI is InChI=1S/C79H154O17P2/c1-7-9-11-13-15-17-18-19-28-34-39-45-51-57-63-78(83)95-74(67-89-76(81)61-55-49-43-16-14-12-10-8-2)69-93-97(85,86)91-65-73(80)66-92-98(87,88)94-70-75(68-90-77(82)62-56-50-44-38-33-29-25-24-27-32-37-42-48-54-60-72(5)6)96-79(84)64-58-52-46-40-35-30-23-21-20-22-26-31-36-41-47-53-59-71(3)4/h71-75,80H,7-70H2,1-6H3,(H,85,86)(H,87,88)/t73-,74+,75+/m0/s1. The van der Waals surface area contributed by atoms with Gasteiger partial charge in [-0.1, -0.05) is 363 Å². The summed E-state index contributed by atoms with van der Waals surface area (Å²) in [6.07, 6.45) is 59.6. The molecule has 0 rings (SSSR count). The van der Waals surface area contributed by atoms with Crippen molar-refractivity contribution in [1.82, 2.24) is 0 Å². The van der Waals surface area contributed by atoms with Crippen LogP contribution in [0, 0.1) is 11.8 Å². The smallest absolute Gasteiger partial charge is 0.462 e. The van der Waals surface area contributed by atoms with Gasteiger partial charge in [-0.2, -0.15) is 0 Å². The fraction of sp³-hybridized carbons (Fsp3) is 0.949. The van der Waals surface area contributed by atoms with E-state index in [9.17, 15) is 43.2 Å². The molecule has 17 nitrogen and oxygen atoms in total. The van der Waals surface area contributed by atoms with E-state index in [1.165, 1.54) is 225 Å². The number of hydrogen-bond acceptors (Lipinski definition) is 15. The Morgan fingerprint density at radius 1 is 0.276 bits per heavy atom. The summed E-state index contributed by atoms with van der Waals surface area (Å²) in [6, 6.07) is 0. The Labute approximate surface area is 600 Å². The van der Waals surface area contributed by atoms with Crippen LogP contribution in [-0.4, -0.2) is 96.7 Å². The van der Waals surface area contributed by atoms with Crippen LogP contribution in [0.15, 0.2) is 0 Å². The van der Waals surface area contributed by atoms with E-state index >= 15 is 0 Å². The molecule has 0 spiro atoms. The molecule has 0 aromatic carbocycles. The number of aliphatic hydroxyl groups excluding tert-OH is 1. The lowest BCUT2D eigenvalue weighted by Crippen LogP contribution is -2.30. The minimum atomic E-state index is -4.96. The van der Waals surface area contributed by atoms with Crippen LogP contribution < -0.4 is 0 Å². The molecule has 0 aliphatic carbocycles. The molecule has 0 bridgehead atoms. The summed E-state index contributed by atoms with van der Waals surface area (Å²) < 4.78 is 68.6. The van der Waals surface area contributed by atoms with Crippen molar-refractivity contribution in [3.63, 3.8) is 0 Å². The molecule has 0 amide bonds. The second kappa shape index (κ2) is 70.7. The minimum Gasteiger partial charge on any atom is -0.462 e. The maximum Gasteiger partial charge on any atom is 0.472 e. The summed E-state index contributed by atoms with van der Waals surface area (Å²) in [7, 11) is -9.91. The quantitative estimate of drug-likeness (QED) is 0.0222. The second-order valence-electron chi connectivity index (χ2n) is 29.4. The Bertz CT molecular complexity index is 1890. The van der Waals surface area contributed by atoms with Gasteiger partial charge in [0.05, 0.1) is 26.4 Å². The summed E-state index contributed by atoms with van der Waals surface area (Å²) in [5, 5.41) is 10.6. The van der Waals surface area contributed by atoms with Crippen LogP contribution in [0.25, 0.3) is 0 Å². The van der Waals surface area contributed by atoms with Gasteiger partial charge in [0, 0.05) is 25.7 Å². The Hall–Kier alpha value is -1.94. The molecule has 0 radical (unpaired) electrons. The van der Waals surface area contributed by atoms with Crippen molar-refractivity contribution in [3.8, 4) is 0 Å². The topological polar surface area (TPSA) is 237 Å². The monoisotopic (exact) mass is 1440 g/mol. The third-order valence-electron chi connectivity index (χ3n) is 18.5. The highest BCUT2D eigenvalue weighted by Crippen LogP contribution is 2.45.